The Bertz CT molecular complexity index is 822. The maximum atomic E-state index is 12.8. The van der Waals surface area contributed by atoms with Gasteiger partial charge in [0.25, 0.3) is 0 Å². The largest absolute Gasteiger partial charge is 0.350 e. The van der Waals surface area contributed by atoms with Gasteiger partial charge in [-0.05, 0) is 24.5 Å². The SMILES string of the molecule is Cc1ccc(C23CCC(=O)N2C(C(=O)NCc2ccccc2)CS3)cc1. The van der Waals surface area contributed by atoms with E-state index >= 15 is 0 Å². The number of amides is 2. The molecule has 26 heavy (non-hydrogen) atoms. The Morgan fingerprint density at radius 3 is 2.65 bits per heavy atom. The number of aryl methyl sites for hydroxylation is 1. The quantitative estimate of drug-likeness (QED) is 0.904. The molecule has 0 aromatic heterocycles. The van der Waals surface area contributed by atoms with Gasteiger partial charge in [0.05, 0.1) is 0 Å². The summed E-state index contributed by atoms with van der Waals surface area (Å²) in [6.07, 6.45) is 1.27. The highest BCUT2D eigenvalue weighted by Gasteiger charge is 2.56. The summed E-state index contributed by atoms with van der Waals surface area (Å²) in [4.78, 5) is 26.9. The number of hydrogen-bond acceptors (Lipinski definition) is 3. The number of thioether (sulfide) groups is 1. The highest BCUT2D eigenvalue weighted by Crippen LogP contribution is 2.54. The van der Waals surface area contributed by atoms with Crippen LogP contribution in [0.5, 0.6) is 0 Å². The van der Waals surface area contributed by atoms with Crippen molar-refractivity contribution < 1.29 is 9.59 Å². The summed E-state index contributed by atoms with van der Waals surface area (Å²) in [5.41, 5.74) is 3.38. The van der Waals surface area contributed by atoms with Crippen molar-refractivity contribution in [3.05, 3.63) is 71.3 Å². The Morgan fingerprint density at radius 2 is 1.92 bits per heavy atom. The molecular formula is C21H22N2O2S. The van der Waals surface area contributed by atoms with Gasteiger partial charge in [-0.3, -0.25) is 9.59 Å². The van der Waals surface area contributed by atoms with Crippen LogP contribution in [0.25, 0.3) is 0 Å². The van der Waals surface area contributed by atoms with Crippen LogP contribution in [0.3, 0.4) is 0 Å². The molecule has 2 aromatic rings. The molecule has 4 nitrogen and oxygen atoms in total. The van der Waals surface area contributed by atoms with Crippen molar-refractivity contribution in [2.75, 3.05) is 5.75 Å². The van der Waals surface area contributed by atoms with Gasteiger partial charge in [-0.15, -0.1) is 11.8 Å². The summed E-state index contributed by atoms with van der Waals surface area (Å²) in [6.45, 7) is 2.54. The summed E-state index contributed by atoms with van der Waals surface area (Å²) in [5, 5.41) is 3.01. The summed E-state index contributed by atoms with van der Waals surface area (Å²) in [6, 6.07) is 17.8. The number of rotatable bonds is 4. The zero-order valence-electron chi connectivity index (χ0n) is 14.8. The fourth-order valence-corrected chi connectivity index (χ4v) is 5.51. The third-order valence-electron chi connectivity index (χ3n) is 5.24. The van der Waals surface area contributed by atoms with E-state index in [1.807, 2.05) is 35.2 Å². The van der Waals surface area contributed by atoms with Crippen LogP contribution in [-0.2, 0) is 21.0 Å². The van der Waals surface area contributed by atoms with E-state index < -0.39 is 6.04 Å². The van der Waals surface area contributed by atoms with Crippen LogP contribution < -0.4 is 5.32 Å². The van der Waals surface area contributed by atoms with E-state index in [2.05, 4.69) is 36.5 Å². The first-order valence-corrected chi connectivity index (χ1v) is 9.94. The minimum Gasteiger partial charge on any atom is -0.350 e. The molecule has 2 aliphatic heterocycles. The van der Waals surface area contributed by atoms with Gasteiger partial charge in [0, 0.05) is 18.7 Å². The van der Waals surface area contributed by atoms with Crippen LogP contribution in [-0.4, -0.2) is 28.5 Å². The summed E-state index contributed by atoms with van der Waals surface area (Å²) < 4.78 is 0. The van der Waals surface area contributed by atoms with Gasteiger partial charge in [-0.2, -0.15) is 0 Å². The molecule has 2 atom stereocenters. The van der Waals surface area contributed by atoms with Crippen LogP contribution >= 0.6 is 11.8 Å². The molecule has 0 spiro atoms. The monoisotopic (exact) mass is 366 g/mol. The molecule has 1 N–H and O–H groups in total. The number of carbonyl (C=O) groups excluding carboxylic acids is 2. The Labute approximate surface area is 158 Å². The fraction of sp³-hybridized carbons (Fsp3) is 0.333. The summed E-state index contributed by atoms with van der Waals surface area (Å²) in [7, 11) is 0. The van der Waals surface area contributed by atoms with Crippen LogP contribution in [0.2, 0.25) is 0 Å². The van der Waals surface area contributed by atoms with Gasteiger partial charge in [-0.25, -0.2) is 0 Å². The molecule has 5 heteroatoms. The third-order valence-corrected chi connectivity index (χ3v) is 6.84. The van der Waals surface area contributed by atoms with Crippen LogP contribution in [0.4, 0.5) is 0 Å². The molecule has 2 saturated heterocycles. The first kappa shape index (κ1) is 17.2. The first-order chi connectivity index (χ1) is 12.6. The van der Waals surface area contributed by atoms with Gasteiger partial charge in [0.15, 0.2) is 0 Å². The molecule has 2 fully saturated rings. The number of nitrogens with one attached hydrogen (secondary N) is 1. The van der Waals surface area contributed by atoms with E-state index in [0.717, 1.165) is 17.5 Å². The maximum absolute atomic E-state index is 12.8. The lowest BCUT2D eigenvalue weighted by molar-refractivity contribution is -0.138. The molecule has 0 aliphatic carbocycles. The molecular weight excluding hydrogens is 344 g/mol. The molecule has 2 unspecified atom stereocenters. The second-order valence-corrected chi connectivity index (χ2v) is 8.24. The first-order valence-electron chi connectivity index (χ1n) is 8.95. The lowest BCUT2D eigenvalue weighted by Gasteiger charge is -2.34. The second-order valence-electron chi connectivity index (χ2n) is 6.94. The molecule has 2 aromatic carbocycles. The Balaban J connectivity index is 1.54. The van der Waals surface area contributed by atoms with Crippen LogP contribution in [0.1, 0.15) is 29.5 Å². The highest BCUT2D eigenvalue weighted by molar-refractivity contribution is 8.00. The van der Waals surface area contributed by atoms with Gasteiger partial charge < -0.3 is 10.2 Å². The average molecular weight is 366 g/mol. The number of nitrogens with zero attached hydrogens (tertiary/aromatic N) is 1. The highest BCUT2D eigenvalue weighted by atomic mass is 32.2. The lowest BCUT2D eigenvalue weighted by Crippen LogP contribution is -2.49. The van der Waals surface area contributed by atoms with E-state index in [1.54, 1.807) is 11.8 Å². The molecule has 134 valence electrons. The molecule has 2 aliphatic rings. The molecule has 0 bridgehead atoms. The van der Waals surface area contributed by atoms with Crippen molar-refractivity contribution in [1.29, 1.82) is 0 Å². The van der Waals surface area contributed by atoms with Gasteiger partial charge in [0.2, 0.25) is 11.8 Å². The zero-order valence-corrected chi connectivity index (χ0v) is 15.6. The number of benzene rings is 2. The summed E-state index contributed by atoms with van der Waals surface area (Å²) in [5.74, 6) is 0.654. The van der Waals surface area contributed by atoms with E-state index in [1.165, 1.54) is 5.56 Å². The number of carbonyl (C=O) groups is 2. The van der Waals surface area contributed by atoms with Crippen molar-refractivity contribution >= 4 is 23.6 Å². The smallest absolute Gasteiger partial charge is 0.244 e. The Hall–Kier alpha value is -2.27. The fourth-order valence-electron chi connectivity index (χ4n) is 3.85. The van der Waals surface area contributed by atoms with Gasteiger partial charge in [-0.1, -0.05) is 60.2 Å². The minimum atomic E-state index is -0.403. The van der Waals surface area contributed by atoms with Gasteiger partial charge in [0.1, 0.15) is 10.9 Å². The Morgan fingerprint density at radius 1 is 1.19 bits per heavy atom. The van der Waals surface area contributed by atoms with Crippen molar-refractivity contribution in [3.8, 4) is 0 Å². The van der Waals surface area contributed by atoms with E-state index in [-0.39, 0.29) is 16.7 Å². The average Bonchev–Trinajstić information content (AvgIpc) is 3.21. The van der Waals surface area contributed by atoms with Crippen LogP contribution in [0, 0.1) is 6.92 Å². The van der Waals surface area contributed by atoms with Crippen molar-refractivity contribution in [2.24, 2.45) is 0 Å². The predicted molar refractivity (Wildman–Crippen MR) is 103 cm³/mol. The normalized spacial score (nSPS) is 24.6. The predicted octanol–water partition coefficient (Wildman–Crippen LogP) is 3.20. The van der Waals surface area contributed by atoms with Crippen molar-refractivity contribution in [3.63, 3.8) is 0 Å². The summed E-state index contributed by atoms with van der Waals surface area (Å²) >= 11 is 1.73. The maximum Gasteiger partial charge on any atom is 0.244 e. The molecule has 2 heterocycles. The molecule has 2 amide bonds. The van der Waals surface area contributed by atoms with E-state index in [9.17, 15) is 9.59 Å². The van der Waals surface area contributed by atoms with E-state index in [0.29, 0.717) is 18.7 Å². The van der Waals surface area contributed by atoms with Crippen molar-refractivity contribution in [1.82, 2.24) is 10.2 Å². The topological polar surface area (TPSA) is 49.4 Å². The minimum absolute atomic E-state index is 0.0643. The van der Waals surface area contributed by atoms with Gasteiger partial charge >= 0.3 is 0 Å². The Kier molecular flexibility index (Phi) is 4.49. The van der Waals surface area contributed by atoms with Crippen molar-refractivity contribution in [2.45, 2.75) is 37.2 Å². The molecule has 4 rings (SSSR count). The zero-order chi connectivity index (χ0) is 18.1. The van der Waals surface area contributed by atoms with E-state index in [4.69, 9.17) is 0 Å². The lowest BCUT2D eigenvalue weighted by atomic mass is 10.0. The number of fused-ring (bicyclic) bond motifs is 1. The third kappa shape index (κ3) is 2.90. The molecule has 0 radical (unpaired) electrons. The standard InChI is InChI=1S/C21H22N2O2S/c1-15-7-9-17(10-8-15)21-12-11-19(24)23(21)18(14-26-21)20(25)22-13-16-5-3-2-4-6-16/h2-10,18H,11-14H2,1H3,(H,22,25). The number of hydrogen-bond donors (Lipinski definition) is 1. The molecule has 0 saturated carbocycles. The van der Waals surface area contributed by atoms with Crippen LogP contribution in [0.15, 0.2) is 54.6 Å². The second kappa shape index (κ2) is 6.80.